The summed E-state index contributed by atoms with van der Waals surface area (Å²) < 4.78 is 4.09. The van der Waals surface area contributed by atoms with Gasteiger partial charge in [-0.2, -0.15) is 9.61 Å². The molecule has 0 spiro atoms. The van der Waals surface area contributed by atoms with Crippen LogP contribution in [0.15, 0.2) is 61.1 Å². The minimum Gasteiger partial charge on any atom is -0.370 e. The molecular weight excluding hydrogens is 410 g/mol. The van der Waals surface area contributed by atoms with Crippen molar-refractivity contribution in [2.45, 2.75) is 38.1 Å². The Kier molecular flexibility index (Phi) is 5.48. The Labute approximate surface area is 194 Å². The highest BCUT2D eigenvalue weighted by Crippen LogP contribution is 2.42. The van der Waals surface area contributed by atoms with E-state index >= 15 is 0 Å². The third-order valence-electron chi connectivity index (χ3n) is 6.86. The molecule has 6 rings (SSSR count). The topological polar surface area (TPSA) is 71.2 Å². The normalized spacial score (nSPS) is 16.8. The van der Waals surface area contributed by atoms with Crippen molar-refractivity contribution in [3.8, 4) is 5.69 Å². The van der Waals surface area contributed by atoms with Gasteiger partial charge in [0.2, 0.25) is 0 Å². The van der Waals surface area contributed by atoms with Gasteiger partial charge in [-0.15, -0.1) is 0 Å². The lowest BCUT2D eigenvalue weighted by molar-refractivity contribution is 0.389. The second kappa shape index (κ2) is 8.90. The van der Waals surface area contributed by atoms with Crippen LogP contribution in [0.1, 0.15) is 42.7 Å². The first-order valence-electron chi connectivity index (χ1n) is 12.1. The van der Waals surface area contributed by atoms with Crippen molar-refractivity contribution in [1.29, 1.82) is 0 Å². The summed E-state index contributed by atoms with van der Waals surface area (Å²) in [5.74, 6) is 3.24. The average Bonchev–Trinajstić information content (AvgIpc) is 3.38. The third-order valence-corrected chi connectivity index (χ3v) is 6.86. The first kappa shape index (κ1) is 20.3. The Hall–Kier alpha value is -3.32. The van der Waals surface area contributed by atoms with Crippen LogP contribution in [0.3, 0.4) is 0 Å². The van der Waals surface area contributed by atoms with Gasteiger partial charge in [-0.1, -0.05) is 12.1 Å². The van der Waals surface area contributed by atoms with Crippen LogP contribution in [0.25, 0.3) is 11.3 Å². The Bertz CT molecular complexity index is 1200. The van der Waals surface area contributed by atoms with Crippen molar-refractivity contribution >= 4 is 17.3 Å². The third kappa shape index (κ3) is 4.46. The number of piperidine rings is 1. The van der Waals surface area contributed by atoms with Gasteiger partial charge in [0.15, 0.2) is 5.65 Å². The van der Waals surface area contributed by atoms with Crippen LogP contribution >= 0.6 is 0 Å². The zero-order valence-corrected chi connectivity index (χ0v) is 18.9. The smallest absolute Gasteiger partial charge is 0.163 e. The summed E-state index contributed by atoms with van der Waals surface area (Å²) in [6.45, 7) is 3.93. The lowest BCUT2D eigenvalue weighted by Gasteiger charge is -2.23. The van der Waals surface area contributed by atoms with Crippen LogP contribution in [0.5, 0.6) is 0 Å². The van der Waals surface area contributed by atoms with Gasteiger partial charge < -0.3 is 20.5 Å². The molecule has 4 aromatic rings. The Morgan fingerprint density at radius 2 is 1.76 bits per heavy atom. The lowest BCUT2D eigenvalue weighted by Crippen LogP contribution is -2.31. The lowest BCUT2D eigenvalue weighted by atomic mass is 9.98. The van der Waals surface area contributed by atoms with Crippen molar-refractivity contribution in [3.05, 3.63) is 72.2 Å². The first-order chi connectivity index (χ1) is 16.3. The molecule has 1 aromatic carbocycles. The van der Waals surface area contributed by atoms with E-state index in [0.717, 1.165) is 43.5 Å². The highest BCUT2D eigenvalue weighted by atomic mass is 15.3. The zero-order chi connectivity index (χ0) is 22.0. The number of nitrogens with zero attached hydrogens (tertiary/aromatic N) is 4. The van der Waals surface area contributed by atoms with E-state index in [1.165, 1.54) is 42.5 Å². The van der Waals surface area contributed by atoms with Gasteiger partial charge in [-0.05, 0) is 80.4 Å². The Morgan fingerprint density at radius 3 is 2.52 bits per heavy atom. The van der Waals surface area contributed by atoms with Crippen LogP contribution < -0.4 is 16.0 Å². The zero-order valence-electron chi connectivity index (χ0n) is 18.9. The van der Waals surface area contributed by atoms with E-state index < -0.39 is 0 Å². The maximum Gasteiger partial charge on any atom is 0.163 e. The standard InChI is InChI=1S/C26H31N7/c1-2-14-32(13-1)22-7-3-19(4-8-22)17-29-25-15-24(28-16-20-9-11-27-12-10-20)31-26-23(21-5-6-21)18-30-33(25)26/h1-4,7-8,13-15,18,20-21,27,29H,5-6,9-12,16-17H2,(H,28,31). The predicted octanol–water partition coefficient (Wildman–Crippen LogP) is 4.42. The van der Waals surface area contributed by atoms with Gasteiger partial charge in [0.05, 0.1) is 6.20 Å². The molecule has 0 radical (unpaired) electrons. The number of nitrogens with one attached hydrogen (secondary N) is 3. The summed E-state index contributed by atoms with van der Waals surface area (Å²) >= 11 is 0. The maximum atomic E-state index is 4.97. The molecule has 0 unspecified atom stereocenters. The highest BCUT2D eigenvalue weighted by molar-refractivity contribution is 5.61. The number of anilines is 2. The number of hydrogen-bond acceptors (Lipinski definition) is 5. The molecule has 170 valence electrons. The summed E-state index contributed by atoms with van der Waals surface area (Å²) in [5, 5.41) is 15.4. The molecular formula is C26H31N7. The van der Waals surface area contributed by atoms with Crippen LogP contribution in [-0.4, -0.2) is 38.8 Å². The van der Waals surface area contributed by atoms with Crippen LogP contribution in [-0.2, 0) is 6.54 Å². The van der Waals surface area contributed by atoms with E-state index in [2.05, 4.69) is 68.3 Å². The number of hydrogen-bond donors (Lipinski definition) is 3. The van der Waals surface area contributed by atoms with Gasteiger partial charge in [-0.3, -0.25) is 0 Å². The fourth-order valence-corrected chi connectivity index (χ4v) is 4.70. The SMILES string of the molecule is c1ccn(-c2ccc(CNc3cc(NCC4CCNCC4)nc4c(C5CC5)cnn34)cc2)c1. The Balaban J connectivity index is 1.21. The predicted molar refractivity (Wildman–Crippen MR) is 132 cm³/mol. The average molecular weight is 442 g/mol. The molecule has 33 heavy (non-hydrogen) atoms. The molecule has 3 N–H and O–H groups in total. The van der Waals surface area contributed by atoms with Crippen molar-refractivity contribution in [1.82, 2.24) is 24.5 Å². The van der Waals surface area contributed by atoms with E-state index in [4.69, 9.17) is 4.98 Å². The molecule has 7 heteroatoms. The quantitative estimate of drug-likeness (QED) is 0.378. The molecule has 1 aliphatic carbocycles. The monoisotopic (exact) mass is 441 g/mol. The van der Waals surface area contributed by atoms with Gasteiger partial charge in [0, 0.05) is 42.8 Å². The van der Waals surface area contributed by atoms with Gasteiger partial charge >= 0.3 is 0 Å². The van der Waals surface area contributed by atoms with Gasteiger partial charge in [-0.25, -0.2) is 4.98 Å². The summed E-state index contributed by atoms with van der Waals surface area (Å²) in [6.07, 6.45) is 11.1. The van der Waals surface area contributed by atoms with Crippen LogP contribution in [0.2, 0.25) is 0 Å². The number of aromatic nitrogens is 4. The summed E-state index contributed by atoms with van der Waals surface area (Å²) in [4.78, 5) is 4.97. The van der Waals surface area contributed by atoms with E-state index in [1.807, 2.05) is 22.8 Å². The summed E-state index contributed by atoms with van der Waals surface area (Å²) in [7, 11) is 0. The fraction of sp³-hybridized carbons (Fsp3) is 0.385. The van der Waals surface area contributed by atoms with E-state index in [9.17, 15) is 0 Å². The van der Waals surface area contributed by atoms with Crippen molar-refractivity contribution < 1.29 is 0 Å². The number of benzene rings is 1. The largest absolute Gasteiger partial charge is 0.370 e. The van der Waals surface area contributed by atoms with Gasteiger partial charge in [0.25, 0.3) is 0 Å². The van der Waals surface area contributed by atoms with Crippen LogP contribution in [0.4, 0.5) is 11.6 Å². The summed E-state index contributed by atoms with van der Waals surface area (Å²) in [6, 6.07) is 14.9. The van der Waals surface area contributed by atoms with E-state index in [-0.39, 0.29) is 0 Å². The minimum absolute atomic E-state index is 0.615. The molecule has 1 saturated heterocycles. The van der Waals surface area contributed by atoms with Crippen molar-refractivity contribution in [3.63, 3.8) is 0 Å². The molecule has 0 bridgehead atoms. The first-order valence-corrected chi connectivity index (χ1v) is 12.1. The number of fused-ring (bicyclic) bond motifs is 1. The second-order valence-corrected chi connectivity index (χ2v) is 9.32. The fourth-order valence-electron chi connectivity index (χ4n) is 4.70. The Morgan fingerprint density at radius 1 is 0.970 bits per heavy atom. The van der Waals surface area contributed by atoms with Gasteiger partial charge in [0.1, 0.15) is 11.6 Å². The van der Waals surface area contributed by atoms with E-state index in [0.29, 0.717) is 11.8 Å². The molecule has 2 fully saturated rings. The molecule has 4 heterocycles. The number of rotatable bonds is 8. The molecule has 1 aliphatic heterocycles. The van der Waals surface area contributed by atoms with Crippen molar-refractivity contribution in [2.75, 3.05) is 30.3 Å². The molecule has 0 atom stereocenters. The van der Waals surface area contributed by atoms with Crippen LogP contribution in [0, 0.1) is 5.92 Å². The molecule has 7 nitrogen and oxygen atoms in total. The molecule has 3 aromatic heterocycles. The van der Waals surface area contributed by atoms with E-state index in [1.54, 1.807) is 0 Å². The second-order valence-electron chi connectivity index (χ2n) is 9.32. The maximum absolute atomic E-state index is 4.97. The van der Waals surface area contributed by atoms with Crippen molar-refractivity contribution in [2.24, 2.45) is 5.92 Å². The molecule has 1 saturated carbocycles. The molecule has 2 aliphatic rings. The summed E-state index contributed by atoms with van der Waals surface area (Å²) in [5.41, 5.74) is 4.66. The molecule has 0 amide bonds. The highest BCUT2D eigenvalue weighted by Gasteiger charge is 2.28. The minimum atomic E-state index is 0.615.